The minimum Gasteiger partial charge on any atom is -0.459 e. The molecule has 5 nitrogen and oxygen atoms in total. The molecule has 1 N–H and O–H groups in total. The molecule has 1 aromatic heterocycles. The summed E-state index contributed by atoms with van der Waals surface area (Å²) in [6, 6.07) is 20.3. The van der Waals surface area contributed by atoms with Crippen LogP contribution in [0.2, 0.25) is 0 Å². The second-order valence-corrected chi connectivity index (χ2v) is 6.85. The first kappa shape index (κ1) is 19.0. The van der Waals surface area contributed by atoms with E-state index >= 15 is 0 Å². The third-order valence-corrected chi connectivity index (χ3v) is 4.96. The number of hydrogen-bond donors (Lipinski definition) is 1. The van der Waals surface area contributed by atoms with Crippen LogP contribution in [0.4, 0.5) is 4.79 Å². The van der Waals surface area contributed by atoms with Crippen LogP contribution in [0.5, 0.6) is 0 Å². The summed E-state index contributed by atoms with van der Waals surface area (Å²) in [5.74, 6) is 1.54. The van der Waals surface area contributed by atoms with Crippen LogP contribution in [0.3, 0.4) is 0 Å². The standard InChI is InChI=1S/C24H23NO4/c1-27-15-18-13-12-17(29-18)7-6-14-25-24(26)28-16-23-21-10-4-2-8-19(21)20-9-3-5-11-22(20)23/h2-13,23H,14-16H2,1H3,(H,25,26). The molecule has 0 saturated heterocycles. The van der Waals surface area contributed by atoms with E-state index in [0.29, 0.717) is 25.5 Å². The summed E-state index contributed by atoms with van der Waals surface area (Å²) in [6.45, 7) is 1.10. The summed E-state index contributed by atoms with van der Waals surface area (Å²) in [6.07, 6.45) is 3.19. The van der Waals surface area contributed by atoms with E-state index < -0.39 is 6.09 Å². The van der Waals surface area contributed by atoms with Crippen LogP contribution in [0.1, 0.15) is 28.6 Å². The zero-order valence-corrected chi connectivity index (χ0v) is 16.3. The van der Waals surface area contributed by atoms with Gasteiger partial charge in [0, 0.05) is 19.6 Å². The Morgan fingerprint density at radius 2 is 1.72 bits per heavy atom. The summed E-state index contributed by atoms with van der Waals surface area (Å²) >= 11 is 0. The number of carbonyl (C=O) groups excluding carboxylic acids is 1. The number of nitrogens with one attached hydrogen (secondary N) is 1. The Bertz CT molecular complexity index is 975. The summed E-state index contributed by atoms with van der Waals surface area (Å²) in [5, 5.41) is 2.74. The number of fused-ring (bicyclic) bond motifs is 3. The van der Waals surface area contributed by atoms with Crippen molar-refractivity contribution in [3.8, 4) is 11.1 Å². The Labute approximate surface area is 170 Å². The van der Waals surface area contributed by atoms with Gasteiger partial charge in [0.2, 0.25) is 0 Å². The van der Waals surface area contributed by atoms with Crippen molar-refractivity contribution < 1.29 is 18.7 Å². The molecule has 0 fully saturated rings. The molecule has 148 valence electrons. The number of amides is 1. The van der Waals surface area contributed by atoms with Crippen LogP contribution in [-0.2, 0) is 16.1 Å². The monoisotopic (exact) mass is 389 g/mol. The first-order valence-corrected chi connectivity index (χ1v) is 9.59. The van der Waals surface area contributed by atoms with E-state index in [9.17, 15) is 4.79 Å². The van der Waals surface area contributed by atoms with Crippen molar-refractivity contribution in [2.45, 2.75) is 12.5 Å². The van der Waals surface area contributed by atoms with Gasteiger partial charge >= 0.3 is 6.09 Å². The largest absolute Gasteiger partial charge is 0.459 e. The van der Waals surface area contributed by atoms with Gasteiger partial charge in [-0.3, -0.25) is 0 Å². The predicted molar refractivity (Wildman–Crippen MR) is 112 cm³/mol. The molecule has 0 atom stereocenters. The lowest BCUT2D eigenvalue weighted by Crippen LogP contribution is -2.26. The molecule has 1 heterocycles. The van der Waals surface area contributed by atoms with Gasteiger partial charge in [-0.25, -0.2) is 4.79 Å². The highest BCUT2D eigenvalue weighted by Crippen LogP contribution is 2.44. The normalized spacial score (nSPS) is 12.7. The molecule has 0 radical (unpaired) electrons. The van der Waals surface area contributed by atoms with E-state index in [1.807, 2.05) is 48.6 Å². The fourth-order valence-electron chi connectivity index (χ4n) is 3.67. The summed E-state index contributed by atoms with van der Waals surface area (Å²) in [4.78, 5) is 12.1. The van der Waals surface area contributed by atoms with Crippen LogP contribution in [0, 0.1) is 0 Å². The van der Waals surface area contributed by atoms with Crippen molar-refractivity contribution >= 4 is 12.2 Å². The van der Waals surface area contributed by atoms with Crippen LogP contribution in [0.25, 0.3) is 17.2 Å². The van der Waals surface area contributed by atoms with Crippen LogP contribution < -0.4 is 5.32 Å². The lowest BCUT2D eigenvalue weighted by molar-refractivity contribution is 0.144. The molecule has 2 aromatic carbocycles. The Morgan fingerprint density at radius 1 is 1.03 bits per heavy atom. The minimum atomic E-state index is -0.434. The molecule has 0 spiro atoms. The van der Waals surface area contributed by atoms with Gasteiger partial charge in [-0.05, 0) is 40.5 Å². The molecule has 1 aliphatic rings. The molecule has 29 heavy (non-hydrogen) atoms. The van der Waals surface area contributed by atoms with E-state index in [4.69, 9.17) is 13.9 Å². The summed E-state index contributed by atoms with van der Waals surface area (Å²) in [5.41, 5.74) is 4.83. The van der Waals surface area contributed by atoms with Gasteiger partial charge in [-0.2, -0.15) is 0 Å². The van der Waals surface area contributed by atoms with Crippen molar-refractivity contribution in [3.05, 3.63) is 89.4 Å². The molecular formula is C24H23NO4. The van der Waals surface area contributed by atoms with Crippen molar-refractivity contribution in [1.82, 2.24) is 5.32 Å². The molecule has 1 aliphatic carbocycles. The summed E-state index contributed by atoms with van der Waals surface area (Å²) < 4.78 is 16.1. The quantitative estimate of drug-likeness (QED) is 0.619. The summed E-state index contributed by atoms with van der Waals surface area (Å²) in [7, 11) is 1.62. The Hall–Kier alpha value is -3.31. The van der Waals surface area contributed by atoms with E-state index in [-0.39, 0.29) is 5.92 Å². The number of rotatable bonds is 7. The van der Waals surface area contributed by atoms with Crippen LogP contribution in [0.15, 0.2) is 71.2 Å². The molecule has 4 rings (SSSR count). The van der Waals surface area contributed by atoms with E-state index in [1.165, 1.54) is 22.3 Å². The Morgan fingerprint density at radius 3 is 2.41 bits per heavy atom. The average molecular weight is 389 g/mol. The van der Waals surface area contributed by atoms with E-state index in [2.05, 4.69) is 29.6 Å². The highest BCUT2D eigenvalue weighted by Gasteiger charge is 2.28. The lowest BCUT2D eigenvalue weighted by Gasteiger charge is -2.14. The van der Waals surface area contributed by atoms with Crippen LogP contribution >= 0.6 is 0 Å². The van der Waals surface area contributed by atoms with Crippen molar-refractivity contribution in [3.63, 3.8) is 0 Å². The van der Waals surface area contributed by atoms with Gasteiger partial charge in [0.25, 0.3) is 0 Å². The fraction of sp³-hybridized carbons (Fsp3) is 0.208. The van der Waals surface area contributed by atoms with Gasteiger partial charge < -0.3 is 19.2 Å². The zero-order chi connectivity index (χ0) is 20.1. The maximum absolute atomic E-state index is 12.1. The average Bonchev–Trinajstić information content (AvgIpc) is 3.32. The maximum Gasteiger partial charge on any atom is 0.407 e. The molecule has 0 unspecified atom stereocenters. The molecule has 0 bridgehead atoms. The molecular weight excluding hydrogens is 366 g/mol. The van der Waals surface area contributed by atoms with Gasteiger partial charge in [-0.1, -0.05) is 54.6 Å². The second kappa shape index (κ2) is 8.80. The molecule has 0 aliphatic heterocycles. The fourth-order valence-corrected chi connectivity index (χ4v) is 3.67. The number of benzene rings is 2. The highest BCUT2D eigenvalue weighted by molar-refractivity contribution is 5.79. The zero-order valence-electron chi connectivity index (χ0n) is 16.3. The molecule has 1 amide bonds. The van der Waals surface area contributed by atoms with Crippen molar-refractivity contribution in [1.29, 1.82) is 0 Å². The Kier molecular flexibility index (Phi) is 5.77. The van der Waals surface area contributed by atoms with Gasteiger partial charge in [-0.15, -0.1) is 0 Å². The maximum atomic E-state index is 12.1. The number of ether oxygens (including phenoxy) is 2. The molecule has 3 aromatic rings. The lowest BCUT2D eigenvalue weighted by atomic mass is 9.98. The number of hydrogen-bond acceptors (Lipinski definition) is 4. The topological polar surface area (TPSA) is 60.7 Å². The second-order valence-electron chi connectivity index (χ2n) is 6.85. The minimum absolute atomic E-state index is 0.0611. The number of carbonyl (C=O) groups is 1. The van der Waals surface area contributed by atoms with Gasteiger partial charge in [0.1, 0.15) is 24.7 Å². The van der Waals surface area contributed by atoms with E-state index in [0.717, 1.165) is 5.76 Å². The third kappa shape index (κ3) is 4.25. The third-order valence-electron chi connectivity index (χ3n) is 4.96. The SMILES string of the molecule is COCc1ccc(C=CCNC(=O)OCC2c3ccccc3-c3ccccc32)o1. The first-order chi connectivity index (χ1) is 14.3. The van der Waals surface area contributed by atoms with Gasteiger partial charge in [0.15, 0.2) is 0 Å². The van der Waals surface area contributed by atoms with E-state index in [1.54, 1.807) is 7.11 Å². The predicted octanol–water partition coefficient (Wildman–Crippen LogP) is 4.98. The Balaban J connectivity index is 1.30. The van der Waals surface area contributed by atoms with Crippen LogP contribution in [-0.4, -0.2) is 26.4 Å². The van der Waals surface area contributed by atoms with Crippen molar-refractivity contribution in [2.75, 3.05) is 20.3 Å². The number of methoxy groups -OCH3 is 1. The molecule has 5 heteroatoms. The first-order valence-electron chi connectivity index (χ1n) is 9.59. The number of alkyl carbamates (subject to hydrolysis) is 1. The van der Waals surface area contributed by atoms with Crippen molar-refractivity contribution in [2.24, 2.45) is 0 Å². The molecule has 0 saturated carbocycles. The highest BCUT2D eigenvalue weighted by atomic mass is 16.5. The van der Waals surface area contributed by atoms with Gasteiger partial charge in [0.05, 0.1) is 0 Å². The number of furan rings is 1. The smallest absolute Gasteiger partial charge is 0.407 e.